The molecule has 3 nitrogen and oxygen atoms in total. The summed E-state index contributed by atoms with van der Waals surface area (Å²) >= 11 is 0. The highest BCUT2D eigenvalue weighted by Gasteiger charge is 2.38. The van der Waals surface area contributed by atoms with Crippen LogP contribution in [0.2, 0.25) is 18.1 Å². The first-order chi connectivity index (χ1) is 12.6. The van der Waals surface area contributed by atoms with E-state index in [0.717, 1.165) is 12.8 Å². The van der Waals surface area contributed by atoms with Crippen LogP contribution in [0.5, 0.6) is 0 Å². The zero-order valence-electron chi connectivity index (χ0n) is 19.5. The summed E-state index contributed by atoms with van der Waals surface area (Å²) in [6.45, 7) is 14.0. The van der Waals surface area contributed by atoms with Crippen LogP contribution >= 0.6 is 0 Å². The molecule has 0 saturated heterocycles. The van der Waals surface area contributed by atoms with E-state index in [1.807, 2.05) is 0 Å². The molecule has 4 heteroatoms. The smallest absolute Gasteiger partial charge is 0.305 e. The van der Waals surface area contributed by atoms with Crippen molar-refractivity contribution in [3.05, 3.63) is 0 Å². The molecule has 0 aliphatic carbocycles. The van der Waals surface area contributed by atoms with Gasteiger partial charge in [0.2, 0.25) is 0 Å². The largest absolute Gasteiger partial charge is 0.469 e. The number of methoxy groups -OCH3 is 1. The number of hydrogen-bond donors (Lipinski definition) is 0. The average Bonchev–Trinajstić information content (AvgIpc) is 2.59. The van der Waals surface area contributed by atoms with Crippen molar-refractivity contribution in [1.82, 2.24) is 0 Å². The SMILES string of the molecule is CCCCCCC(CCCCCCCCC(=O)OC)O[Si](C)(C)C(C)(C)C. The fraction of sp³-hybridized carbons (Fsp3) is 0.957. The van der Waals surface area contributed by atoms with Gasteiger partial charge in [-0.05, 0) is 37.4 Å². The van der Waals surface area contributed by atoms with Gasteiger partial charge in [-0.1, -0.05) is 85.5 Å². The lowest BCUT2D eigenvalue weighted by molar-refractivity contribution is -0.140. The van der Waals surface area contributed by atoms with Crippen LogP contribution in [0, 0.1) is 0 Å². The highest BCUT2D eigenvalue weighted by Crippen LogP contribution is 2.38. The molecule has 0 fully saturated rings. The Morgan fingerprint density at radius 3 is 1.81 bits per heavy atom. The molecule has 1 unspecified atom stereocenters. The quantitative estimate of drug-likeness (QED) is 0.152. The molecule has 0 radical (unpaired) electrons. The molecule has 0 aromatic carbocycles. The van der Waals surface area contributed by atoms with Crippen molar-refractivity contribution >= 4 is 14.3 Å². The first-order valence-electron chi connectivity index (χ1n) is 11.4. The van der Waals surface area contributed by atoms with E-state index in [9.17, 15) is 4.79 Å². The lowest BCUT2D eigenvalue weighted by Gasteiger charge is -2.39. The van der Waals surface area contributed by atoms with E-state index in [-0.39, 0.29) is 11.0 Å². The van der Waals surface area contributed by atoms with E-state index in [2.05, 4.69) is 45.5 Å². The first-order valence-corrected chi connectivity index (χ1v) is 14.3. The van der Waals surface area contributed by atoms with Gasteiger partial charge >= 0.3 is 5.97 Å². The second-order valence-corrected chi connectivity index (χ2v) is 14.3. The maximum absolute atomic E-state index is 11.1. The van der Waals surface area contributed by atoms with Gasteiger partial charge in [-0.3, -0.25) is 4.79 Å². The Morgan fingerprint density at radius 1 is 0.852 bits per heavy atom. The minimum atomic E-state index is -1.68. The fourth-order valence-electron chi connectivity index (χ4n) is 3.10. The third kappa shape index (κ3) is 13.5. The molecule has 0 aliphatic heterocycles. The van der Waals surface area contributed by atoms with Gasteiger partial charge in [0.05, 0.1) is 7.11 Å². The molecule has 0 heterocycles. The lowest BCUT2D eigenvalue weighted by atomic mass is 10.0. The molecule has 0 saturated carbocycles. The van der Waals surface area contributed by atoms with E-state index >= 15 is 0 Å². The first kappa shape index (κ1) is 26.6. The minimum absolute atomic E-state index is 0.0799. The predicted molar refractivity (Wildman–Crippen MR) is 120 cm³/mol. The Morgan fingerprint density at radius 2 is 1.33 bits per heavy atom. The van der Waals surface area contributed by atoms with Crippen LogP contribution in [0.4, 0.5) is 0 Å². The van der Waals surface area contributed by atoms with Gasteiger partial charge < -0.3 is 9.16 Å². The zero-order chi connectivity index (χ0) is 20.8. The highest BCUT2D eigenvalue weighted by molar-refractivity contribution is 6.74. The van der Waals surface area contributed by atoms with E-state index < -0.39 is 8.32 Å². The predicted octanol–water partition coefficient (Wildman–Crippen LogP) is 7.64. The number of esters is 1. The summed E-state index contributed by atoms with van der Waals surface area (Å²) in [7, 11) is -0.216. The monoisotopic (exact) mass is 400 g/mol. The summed E-state index contributed by atoms with van der Waals surface area (Å²) in [6.07, 6.45) is 15.9. The molecule has 0 amide bonds. The number of unbranched alkanes of at least 4 members (excludes halogenated alkanes) is 8. The van der Waals surface area contributed by atoms with Crippen LogP contribution in [-0.2, 0) is 14.0 Å². The molecule has 0 spiro atoms. The van der Waals surface area contributed by atoms with Gasteiger partial charge in [0.1, 0.15) is 0 Å². The van der Waals surface area contributed by atoms with Crippen molar-refractivity contribution < 1.29 is 14.0 Å². The Hall–Kier alpha value is -0.353. The number of carbonyl (C=O) groups is 1. The van der Waals surface area contributed by atoms with Crippen molar-refractivity contribution in [2.24, 2.45) is 0 Å². The third-order valence-corrected chi connectivity index (χ3v) is 10.6. The Kier molecular flexibility index (Phi) is 14.4. The van der Waals surface area contributed by atoms with Gasteiger partial charge in [-0.2, -0.15) is 0 Å². The molecule has 0 aliphatic rings. The molecule has 0 bridgehead atoms. The Labute approximate surface area is 171 Å². The van der Waals surface area contributed by atoms with Crippen LogP contribution in [0.3, 0.4) is 0 Å². The summed E-state index contributed by atoms with van der Waals surface area (Å²) < 4.78 is 11.4. The van der Waals surface area contributed by atoms with Gasteiger partial charge in [0.25, 0.3) is 0 Å². The molecule has 1 atom stereocenters. The summed E-state index contributed by atoms with van der Waals surface area (Å²) in [5.41, 5.74) is 0. The van der Waals surface area contributed by atoms with Crippen LogP contribution in [0.1, 0.15) is 111 Å². The summed E-state index contributed by atoms with van der Waals surface area (Å²) in [4.78, 5) is 11.1. The molecule has 0 aromatic rings. The normalized spacial score (nSPS) is 13.6. The van der Waals surface area contributed by atoms with Gasteiger partial charge in [-0.15, -0.1) is 0 Å². The van der Waals surface area contributed by atoms with Crippen molar-refractivity contribution in [3.8, 4) is 0 Å². The van der Waals surface area contributed by atoms with Crippen LogP contribution < -0.4 is 0 Å². The van der Waals surface area contributed by atoms with Crippen molar-refractivity contribution in [3.63, 3.8) is 0 Å². The summed E-state index contributed by atoms with van der Waals surface area (Å²) in [5.74, 6) is -0.0799. The zero-order valence-corrected chi connectivity index (χ0v) is 20.5. The van der Waals surface area contributed by atoms with Gasteiger partial charge in [0, 0.05) is 12.5 Å². The maximum atomic E-state index is 11.1. The fourth-order valence-corrected chi connectivity index (χ4v) is 4.53. The molecule has 0 rings (SSSR count). The average molecular weight is 401 g/mol. The van der Waals surface area contributed by atoms with Crippen LogP contribution in [-0.4, -0.2) is 27.5 Å². The Bertz CT molecular complexity index is 374. The second-order valence-electron chi connectivity index (χ2n) is 9.59. The lowest BCUT2D eigenvalue weighted by Crippen LogP contribution is -2.44. The molecule has 0 aromatic heterocycles. The van der Waals surface area contributed by atoms with Gasteiger partial charge in [0.15, 0.2) is 8.32 Å². The van der Waals surface area contributed by atoms with Crippen molar-refractivity contribution in [2.75, 3.05) is 7.11 Å². The number of ether oxygens (including phenoxy) is 1. The number of carbonyl (C=O) groups excluding carboxylic acids is 1. The van der Waals surface area contributed by atoms with E-state index in [0.29, 0.717) is 12.5 Å². The molecule has 27 heavy (non-hydrogen) atoms. The second kappa shape index (κ2) is 14.6. The highest BCUT2D eigenvalue weighted by atomic mass is 28.4. The summed E-state index contributed by atoms with van der Waals surface area (Å²) in [5, 5.41) is 0.286. The van der Waals surface area contributed by atoms with Crippen molar-refractivity contribution in [1.29, 1.82) is 0 Å². The number of hydrogen-bond acceptors (Lipinski definition) is 3. The third-order valence-electron chi connectivity index (χ3n) is 6.03. The van der Waals surface area contributed by atoms with E-state index in [1.54, 1.807) is 0 Å². The van der Waals surface area contributed by atoms with E-state index in [1.165, 1.54) is 71.3 Å². The Balaban J connectivity index is 4.14. The number of rotatable bonds is 16. The maximum Gasteiger partial charge on any atom is 0.305 e. The van der Waals surface area contributed by atoms with Crippen LogP contribution in [0.25, 0.3) is 0 Å². The van der Waals surface area contributed by atoms with E-state index in [4.69, 9.17) is 4.43 Å². The summed E-state index contributed by atoms with van der Waals surface area (Å²) in [6, 6.07) is 0. The van der Waals surface area contributed by atoms with Gasteiger partial charge in [-0.25, -0.2) is 0 Å². The molecule has 162 valence electrons. The molecular formula is C23H48O3Si. The van der Waals surface area contributed by atoms with Crippen molar-refractivity contribution in [2.45, 2.75) is 135 Å². The topological polar surface area (TPSA) is 35.5 Å². The molecule has 0 N–H and O–H groups in total. The standard InChI is InChI=1S/C23H48O3Si/c1-8-9-10-15-18-21(26-27(6,7)23(2,3)4)19-16-13-11-12-14-17-20-22(24)25-5/h21H,8-20H2,1-7H3. The van der Waals surface area contributed by atoms with Crippen LogP contribution in [0.15, 0.2) is 0 Å². The molecular weight excluding hydrogens is 352 g/mol. The minimum Gasteiger partial charge on any atom is -0.469 e.